The molecule has 3 heteroatoms. The van der Waals surface area contributed by atoms with E-state index in [-0.39, 0.29) is 5.82 Å². The number of nitrogens with zero attached hydrogens (tertiary/aromatic N) is 1. The predicted molar refractivity (Wildman–Crippen MR) is 110 cm³/mol. The van der Waals surface area contributed by atoms with E-state index in [0.29, 0.717) is 5.58 Å². The van der Waals surface area contributed by atoms with Crippen LogP contribution in [0.5, 0.6) is 0 Å². The second kappa shape index (κ2) is 6.31. The van der Waals surface area contributed by atoms with Crippen molar-refractivity contribution < 1.29 is 13.4 Å². The van der Waals surface area contributed by atoms with E-state index in [1.54, 1.807) is 6.07 Å². The van der Waals surface area contributed by atoms with E-state index in [1.807, 2.05) is 55.7 Å². The highest BCUT2D eigenvalue weighted by Gasteiger charge is 2.18. The molecular weight excluding hydrogens is 349 g/mol. The second-order valence-corrected chi connectivity index (χ2v) is 7.15. The van der Waals surface area contributed by atoms with Gasteiger partial charge in [0.15, 0.2) is 6.20 Å². The van der Waals surface area contributed by atoms with Gasteiger partial charge in [-0.25, -0.2) is 8.96 Å². The molecule has 0 bridgehead atoms. The molecule has 0 amide bonds. The van der Waals surface area contributed by atoms with Gasteiger partial charge >= 0.3 is 0 Å². The van der Waals surface area contributed by atoms with Crippen molar-refractivity contribution in [2.75, 3.05) is 0 Å². The first-order valence-corrected chi connectivity index (χ1v) is 9.29. The van der Waals surface area contributed by atoms with Crippen LogP contribution in [-0.4, -0.2) is 0 Å². The minimum atomic E-state index is -0.295. The van der Waals surface area contributed by atoms with Gasteiger partial charge in [0.05, 0.1) is 5.56 Å². The molecule has 0 saturated heterocycles. The number of pyridine rings is 1. The van der Waals surface area contributed by atoms with Crippen molar-refractivity contribution in [1.29, 1.82) is 0 Å². The van der Waals surface area contributed by atoms with E-state index >= 15 is 0 Å². The molecule has 0 radical (unpaired) electrons. The first-order chi connectivity index (χ1) is 13.6. The Morgan fingerprint density at radius 1 is 0.821 bits per heavy atom. The monoisotopic (exact) mass is 368 g/mol. The molecular formula is C25H19FNO+. The Morgan fingerprint density at radius 2 is 1.61 bits per heavy atom. The van der Waals surface area contributed by atoms with Crippen LogP contribution in [0.2, 0.25) is 0 Å². The molecule has 0 fully saturated rings. The maximum absolute atomic E-state index is 14.3. The molecule has 28 heavy (non-hydrogen) atoms. The Balaban J connectivity index is 1.84. The van der Waals surface area contributed by atoms with Gasteiger partial charge in [-0.15, -0.1) is 0 Å². The lowest BCUT2D eigenvalue weighted by atomic mass is 9.96. The fraction of sp³-hybridized carbons (Fsp3) is 0.0800. The number of hydrogen-bond acceptors (Lipinski definition) is 1. The number of aromatic nitrogens is 1. The average molecular weight is 368 g/mol. The Bertz CT molecular complexity index is 1340. The summed E-state index contributed by atoms with van der Waals surface area (Å²) in [6.45, 7) is 2.10. The molecule has 0 aliphatic carbocycles. The Hall–Kier alpha value is -3.46. The predicted octanol–water partition coefficient (Wildman–Crippen LogP) is 6.19. The molecule has 2 nitrogen and oxygen atoms in total. The first kappa shape index (κ1) is 16.7. The van der Waals surface area contributed by atoms with Crippen molar-refractivity contribution in [2.24, 2.45) is 7.05 Å². The highest BCUT2D eigenvalue weighted by molar-refractivity contribution is 6.13. The summed E-state index contributed by atoms with van der Waals surface area (Å²) >= 11 is 0. The van der Waals surface area contributed by atoms with Gasteiger partial charge in [-0.2, -0.15) is 0 Å². The molecule has 5 rings (SSSR count). The highest BCUT2D eigenvalue weighted by atomic mass is 19.1. The maximum Gasteiger partial charge on any atom is 0.212 e. The lowest BCUT2D eigenvalue weighted by molar-refractivity contribution is -0.660. The van der Waals surface area contributed by atoms with Gasteiger partial charge < -0.3 is 4.42 Å². The topological polar surface area (TPSA) is 17.0 Å². The quantitative estimate of drug-likeness (QED) is 0.339. The molecule has 0 aliphatic heterocycles. The molecule has 0 spiro atoms. The summed E-state index contributed by atoms with van der Waals surface area (Å²) in [7, 11) is 2.03. The van der Waals surface area contributed by atoms with Crippen LogP contribution >= 0.6 is 0 Å². The van der Waals surface area contributed by atoms with Crippen LogP contribution in [0.1, 0.15) is 5.56 Å². The van der Waals surface area contributed by atoms with Crippen LogP contribution in [-0.2, 0) is 7.05 Å². The lowest BCUT2D eigenvalue weighted by Crippen LogP contribution is -2.30. The summed E-state index contributed by atoms with van der Waals surface area (Å²) in [5, 5.41) is 1.96. The summed E-state index contributed by atoms with van der Waals surface area (Å²) in [5.74, 6) is -0.295. The second-order valence-electron chi connectivity index (χ2n) is 7.15. The van der Waals surface area contributed by atoms with E-state index in [9.17, 15) is 4.39 Å². The summed E-state index contributed by atoms with van der Waals surface area (Å²) in [6, 6.07) is 23.3. The zero-order valence-electron chi connectivity index (χ0n) is 15.7. The van der Waals surface area contributed by atoms with Gasteiger partial charge in [0, 0.05) is 29.0 Å². The zero-order chi connectivity index (χ0) is 19.3. The van der Waals surface area contributed by atoms with Crippen LogP contribution in [0.4, 0.5) is 4.39 Å². The van der Waals surface area contributed by atoms with Crippen LogP contribution in [0.15, 0.2) is 83.4 Å². The van der Waals surface area contributed by atoms with Gasteiger partial charge in [0.2, 0.25) is 5.69 Å². The summed E-state index contributed by atoms with van der Waals surface area (Å²) in [6.07, 6.45) is 2.03. The van der Waals surface area contributed by atoms with Crippen molar-refractivity contribution in [1.82, 2.24) is 0 Å². The summed E-state index contributed by atoms with van der Waals surface area (Å²) < 4.78 is 22.5. The molecule has 136 valence electrons. The number of benzene rings is 3. The van der Waals surface area contributed by atoms with E-state index in [0.717, 1.165) is 44.3 Å². The SMILES string of the molecule is Cc1cc2c(cc1-c1cccc[n+]1C)oc1cc(F)cc(-c3ccccc3)c12. The van der Waals surface area contributed by atoms with E-state index in [2.05, 4.69) is 29.7 Å². The van der Waals surface area contributed by atoms with Crippen molar-refractivity contribution in [2.45, 2.75) is 6.92 Å². The third-order valence-corrected chi connectivity index (χ3v) is 5.30. The van der Waals surface area contributed by atoms with E-state index in [4.69, 9.17) is 4.42 Å². The molecule has 2 heterocycles. The maximum atomic E-state index is 14.3. The van der Waals surface area contributed by atoms with Crippen LogP contribution in [0.25, 0.3) is 44.3 Å². The third kappa shape index (κ3) is 2.59. The van der Waals surface area contributed by atoms with Crippen molar-refractivity contribution in [3.8, 4) is 22.4 Å². The van der Waals surface area contributed by atoms with Gasteiger partial charge in [0.1, 0.15) is 24.0 Å². The van der Waals surface area contributed by atoms with Crippen molar-refractivity contribution >= 4 is 21.9 Å². The van der Waals surface area contributed by atoms with Gasteiger partial charge in [0.25, 0.3) is 0 Å². The molecule has 0 aliphatic rings. The third-order valence-electron chi connectivity index (χ3n) is 5.30. The van der Waals surface area contributed by atoms with Gasteiger partial charge in [-0.05, 0) is 47.9 Å². The highest BCUT2D eigenvalue weighted by Crippen LogP contribution is 2.39. The fourth-order valence-corrected chi connectivity index (χ4v) is 3.95. The fourth-order valence-electron chi connectivity index (χ4n) is 3.95. The van der Waals surface area contributed by atoms with Crippen LogP contribution in [0, 0.1) is 12.7 Å². The minimum Gasteiger partial charge on any atom is -0.456 e. The lowest BCUT2D eigenvalue weighted by Gasteiger charge is -2.06. The molecule has 5 aromatic rings. The van der Waals surface area contributed by atoms with Crippen molar-refractivity contribution in [3.05, 3.63) is 90.4 Å². The molecule has 3 aromatic carbocycles. The number of aryl methyl sites for hydroxylation is 2. The smallest absolute Gasteiger partial charge is 0.212 e. The zero-order valence-corrected chi connectivity index (χ0v) is 15.7. The van der Waals surface area contributed by atoms with E-state index < -0.39 is 0 Å². The molecule has 0 unspecified atom stereocenters. The number of furan rings is 1. The summed E-state index contributed by atoms with van der Waals surface area (Å²) in [5.41, 5.74) is 6.54. The Kier molecular flexibility index (Phi) is 3.76. The van der Waals surface area contributed by atoms with E-state index in [1.165, 1.54) is 6.07 Å². The van der Waals surface area contributed by atoms with Gasteiger partial charge in [-0.1, -0.05) is 30.3 Å². The van der Waals surface area contributed by atoms with Crippen molar-refractivity contribution in [3.63, 3.8) is 0 Å². The minimum absolute atomic E-state index is 0.295. The molecule has 2 aromatic heterocycles. The number of halogens is 1. The number of fused-ring (bicyclic) bond motifs is 3. The molecule has 0 atom stereocenters. The molecule has 0 saturated carbocycles. The molecule has 0 N–H and O–H groups in total. The standard InChI is InChI=1S/C25H19FNO/c1-16-12-21-23(15-19(16)22-10-6-7-11-27(22)2)28-24-14-18(26)13-20(25(21)24)17-8-4-3-5-9-17/h3-15H,1-2H3/q+1. The Labute approximate surface area is 162 Å². The first-order valence-electron chi connectivity index (χ1n) is 9.29. The Morgan fingerprint density at radius 3 is 2.39 bits per heavy atom. The normalized spacial score (nSPS) is 11.4. The largest absolute Gasteiger partial charge is 0.456 e. The van der Waals surface area contributed by atoms with Crippen LogP contribution < -0.4 is 4.57 Å². The average Bonchev–Trinajstić information content (AvgIpc) is 3.05. The van der Waals surface area contributed by atoms with Crippen LogP contribution in [0.3, 0.4) is 0 Å². The number of rotatable bonds is 2. The summed E-state index contributed by atoms with van der Waals surface area (Å²) in [4.78, 5) is 0. The van der Waals surface area contributed by atoms with Gasteiger partial charge in [-0.3, -0.25) is 0 Å². The number of hydrogen-bond donors (Lipinski definition) is 0.